The Morgan fingerprint density at radius 1 is 1.28 bits per heavy atom. The molecule has 0 amide bonds. The first-order valence-electron chi connectivity index (χ1n) is 5.63. The topological polar surface area (TPSA) is 71.4 Å². The summed E-state index contributed by atoms with van der Waals surface area (Å²) in [5.74, 6) is -0.195. The molecule has 0 bridgehead atoms. The summed E-state index contributed by atoms with van der Waals surface area (Å²) in [6.07, 6.45) is 0.692. The standard InChI is InChI=1S/C12H16O4S2/c1-2-9-18(15,16)11-5-3-10(4-6-11)17-8-7-12(13)14/h3-6H,2,7-9H2,1H3,(H,13,14). The number of carbonyl (C=O) groups is 1. The summed E-state index contributed by atoms with van der Waals surface area (Å²) in [6, 6.07) is 6.59. The fourth-order valence-electron chi connectivity index (χ4n) is 1.39. The maximum atomic E-state index is 11.8. The second-order valence-electron chi connectivity index (χ2n) is 3.78. The average Bonchev–Trinajstić information content (AvgIpc) is 2.29. The van der Waals surface area contributed by atoms with Crippen molar-refractivity contribution in [2.24, 2.45) is 0 Å². The van der Waals surface area contributed by atoms with Crippen molar-refractivity contribution in [2.75, 3.05) is 11.5 Å². The van der Waals surface area contributed by atoms with Gasteiger partial charge in [-0.1, -0.05) is 6.92 Å². The number of hydrogen-bond acceptors (Lipinski definition) is 4. The van der Waals surface area contributed by atoms with E-state index in [0.717, 1.165) is 4.90 Å². The summed E-state index contributed by atoms with van der Waals surface area (Å²) >= 11 is 1.41. The van der Waals surface area contributed by atoms with Crippen LogP contribution in [0.4, 0.5) is 0 Å². The number of carboxylic acids is 1. The van der Waals surface area contributed by atoms with E-state index in [1.54, 1.807) is 24.3 Å². The lowest BCUT2D eigenvalue weighted by Gasteiger charge is -2.04. The Balaban J connectivity index is 2.65. The summed E-state index contributed by atoms with van der Waals surface area (Å²) < 4.78 is 23.5. The Hall–Kier alpha value is -1.01. The molecule has 0 atom stereocenters. The van der Waals surface area contributed by atoms with Crippen molar-refractivity contribution in [2.45, 2.75) is 29.6 Å². The molecular weight excluding hydrogens is 272 g/mol. The maximum absolute atomic E-state index is 11.8. The van der Waals surface area contributed by atoms with Gasteiger partial charge in [0.05, 0.1) is 17.1 Å². The fraction of sp³-hybridized carbons (Fsp3) is 0.417. The Bertz CT molecular complexity index is 491. The molecule has 0 unspecified atom stereocenters. The fourth-order valence-corrected chi connectivity index (χ4v) is 3.55. The van der Waals surface area contributed by atoms with Gasteiger partial charge in [0.1, 0.15) is 0 Å². The van der Waals surface area contributed by atoms with Crippen molar-refractivity contribution in [3.05, 3.63) is 24.3 Å². The van der Waals surface area contributed by atoms with Gasteiger partial charge in [-0.15, -0.1) is 11.8 Å². The zero-order chi connectivity index (χ0) is 13.6. The highest BCUT2D eigenvalue weighted by atomic mass is 32.2. The first kappa shape index (κ1) is 15.0. The Labute approximate surface area is 111 Å². The second kappa shape index (κ2) is 6.80. The van der Waals surface area contributed by atoms with Crippen molar-refractivity contribution in [1.82, 2.24) is 0 Å². The Kier molecular flexibility index (Phi) is 5.68. The van der Waals surface area contributed by atoms with E-state index >= 15 is 0 Å². The van der Waals surface area contributed by atoms with Crippen molar-refractivity contribution < 1.29 is 18.3 Å². The summed E-state index contributed by atoms with van der Waals surface area (Å²) in [5, 5.41) is 8.51. The minimum Gasteiger partial charge on any atom is -0.481 e. The normalized spacial score (nSPS) is 11.4. The van der Waals surface area contributed by atoms with Gasteiger partial charge < -0.3 is 5.11 Å². The number of hydrogen-bond donors (Lipinski definition) is 1. The van der Waals surface area contributed by atoms with Crippen LogP contribution >= 0.6 is 11.8 Å². The third-order valence-corrected chi connectivity index (χ3v) is 5.19. The highest BCUT2D eigenvalue weighted by Crippen LogP contribution is 2.21. The SMILES string of the molecule is CCCS(=O)(=O)c1ccc(SCCC(=O)O)cc1. The predicted octanol–water partition coefficient (Wildman–Crippen LogP) is 2.44. The minimum absolute atomic E-state index is 0.0978. The summed E-state index contributed by atoms with van der Waals surface area (Å²) in [4.78, 5) is 11.6. The van der Waals surface area contributed by atoms with Gasteiger partial charge in [-0.25, -0.2) is 8.42 Å². The summed E-state index contributed by atoms with van der Waals surface area (Å²) in [7, 11) is -3.16. The van der Waals surface area contributed by atoms with E-state index < -0.39 is 15.8 Å². The average molecular weight is 288 g/mol. The molecule has 0 spiro atoms. The molecule has 0 saturated carbocycles. The number of rotatable bonds is 7. The van der Waals surface area contributed by atoms with Crippen LogP contribution in [0, 0.1) is 0 Å². The van der Waals surface area contributed by atoms with E-state index in [1.807, 2.05) is 6.92 Å². The van der Waals surface area contributed by atoms with Crippen LogP contribution in [0.2, 0.25) is 0 Å². The quantitative estimate of drug-likeness (QED) is 0.780. The zero-order valence-corrected chi connectivity index (χ0v) is 11.8. The molecule has 1 aromatic rings. The Morgan fingerprint density at radius 2 is 1.89 bits per heavy atom. The molecule has 0 aromatic heterocycles. The number of aliphatic carboxylic acids is 1. The molecule has 0 fully saturated rings. The third-order valence-electron chi connectivity index (χ3n) is 2.24. The predicted molar refractivity (Wildman–Crippen MR) is 71.8 cm³/mol. The maximum Gasteiger partial charge on any atom is 0.304 e. The molecule has 0 radical (unpaired) electrons. The third kappa shape index (κ3) is 4.70. The van der Waals surface area contributed by atoms with Crippen LogP contribution in [0.15, 0.2) is 34.1 Å². The number of carboxylic acid groups (broad SMARTS) is 1. The smallest absolute Gasteiger partial charge is 0.304 e. The van der Waals surface area contributed by atoms with E-state index in [1.165, 1.54) is 11.8 Å². The van der Waals surface area contributed by atoms with Crippen LogP contribution in [-0.2, 0) is 14.6 Å². The molecular formula is C12H16O4S2. The molecule has 0 heterocycles. The lowest BCUT2D eigenvalue weighted by Crippen LogP contribution is -2.05. The largest absolute Gasteiger partial charge is 0.481 e. The van der Waals surface area contributed by atoms with Gasteiger partial charge >= 0.3 is 5.97 Å². The van der Waals surface area contributed by atoms with E-state index in [0.29, 0.717) is 17.1 Å². The van der Waals surface area contributed by atoms with Gasteiger partial charge in [0, 0.05) is 10.6 Å². The van der Waals surface area contributed by atoms with Gasteiger partial charge in [0.15, 0.2) is 9.84 Å². The highest BCUT2D eigenvalue weighted by molar-refractivity contribution is 7.99. The van der Waals surface area contributed by atoms with Crippen LogP contribution in [0.5, 0.6) is 0 Å². The molecule has 0 saturated heterocycles. The zero-order valence-electron chi connectivity index (χ0n) is 10.1. The van der Waals surface area contributed by atoms with E-state index in [2.05, 4.69) is 0 Å². The molecule has 100 valence electrons. The van der Waals surface area contributed by atoms with Crippen molar-refractivity contribution in [1.29, 1.82) is 0 Å². The number of benzene rings is 1. The van der Waals surface area contributed by atoms with E-state index in [-0.39, 0.29) is 12.2 Å². The van der Waals surface area contributed by atoms with E-state index in [4.69, 9.17) is 5.11 Å². The molecule has 18 heavy (non-hydrogen) atoms. The molecule has 6 heteroatoms. The Morgan fingerprint density at radius 3 is 2.39 bits per heavy atom. The molecule has 4 nitrogen and oxygen atoms in total. The van der Waals surface area contributed by atoms with Crippen LogP contribution in [-0.4, -0.2) is 31.0 Å². The summed E-state index contributed by atoms with van der Waals surface area (Å²) in [5.41, 5.74) is 0. The van der Waals surface area contributed by atoms with Crippen molar-refractivity contribution >= 4 is 27.6 Å². The van der Waals surface area contributed by atoms with E-state index in [9.17, 15) is 13.2 Å². The lowest BCUT2D eigenvalue weighted by atomic mass is 10.4. The molecule has 1 rings (SSSR count). The van der Waals surface area contributed by atoms with Gasteiger partial charge in [-0.3, -0.25) is 4.79 Å². The van der Waals surface area contributed by atoms with Crippen LogP contribution in [0.1, 0.15) is 19.8 Å². The molecule has 0 aliphatic carbocycles. The van der Waals surface area contributed by atoms with Gasteiger partial charge in [0.25, 0.3) is 0 Å². The lowest BCUT2D eigenvalue weighted by molar-refractivity contribution is -0.136. The van der Waals surface area contributed by atoms with Crippen molar-refractivity contribution in [3.63, 3.8) is 0 Å². The molecule has 0 aliphatic rings. The number of thioether (sulfide) groups is 1. The molecule has 1 aromatic carbocycles. The highest BCUT2D eigenvalue weighted by Gasteiger charge is 2.12. The number of sulfone groups is 1. The molecule has 0 aliphatic heterocycles. The van der Waals surface area contributed by atoms with Gasteiger partial charge in [-0.2, -0.15) is 0 Å². The van der Waals surface area contributed by atoms with Crippen LogP contribution in [0.25, 0.3) is 0 Å². The van der Waals surface area contributed by atoms with Crippen LogP contribution in [0.3, 0.4) is 0 Å². The monoisotopic (exact) mass is 288 g/mol. The first-order chi connectivity index (χ1) is 8.45. The van der Waals surface area contributed by atoms with Crippen LogP contribution < -0.4 is 0 Å². The van der Waals surface area contributed by atoms with Crippen molar-refractivity contribution in [3.8, 4) is 0 Å². The van der Waals surface area contributed by atoms with Gasteiger partial charge in [0.2, 0.25) is 0 Å². The summed E-state index contributed by atoms with van der Waals surface area (Å²) in [6.45, 7) is 1.83. The first-order valence-corrected chi connectivity index (χ1v) is 8.27. The second-order valence-corrected chi connectivity index (χ2v) is 7.06. The molecule has 1 N–H and O–H groups in total. The minimum atomic E-state index is -3.16. The van der Waals surface area contributed by atoms with Gasteiger partial charge in [-0.05, 0) is 30.7 Å².